The molecule has 0 saturated carbocycles. The van der Waals surface area contributed by atoms with Crippen LogP contribution in [0.3, 0.4) is 0 Å². The number of nitrogens with zero attached hydrogens (tertiary/aromatic N) is 1. The van der Waals surface area contributed by atoms with Gasteiger partial charge in [-0.15, -0.1) is 11.3 Å². The van der Waals surface area contributed by atoms with Gasteiger partial charge in [-0.25, -0.2) is 0 Å². The highest BCUT2D eigenvalue weighted by Gasteiger charge is 2.18. The summed E-state index contributed by atoms with van der Waals surface area (Å²) >= 11 is 1.65. The first kappa shape index (κ1) is 21.5. The van der Waals surface area contributed by atoms with Crippen LogP contribution in [0.4, 0.5) is 5.69 Å². The van der Waals surface area contributed by atoms with Crippen molar-refractivity contribution in [3.63, 3.8) is 0 Å². The summed E-state index contributed by atoms with van der Waals surface area (Å²) in [7, 11) is 0. The predicted molar refractivity (Wildman–Crippen MR) is 121 cm³/mol. The molecule has 0 aliphatic rings. The lowest BCUT2D eigenvalue weighted by Gasteiger charge is -2.21. The highest BCUT2D eigenvalue weighted by Crippen LogP contribution is 2.21. The number of benzene rings is 1. The van der Waals surface area contributed by atoms with Crippen LogP contribution >= 0.6 is 11.3 Å². The van der Waals surface area contributed by atoms with E-state index < -0.39 is 0 Å². The number of anilines is 1. The molecule has 0 saturated heterocycles. The Kier molecular flexibility index (Phi) is 6.72. The van der Waals surface area contributed by atoms with E-state index in [9.17, 15) is 9.59 Å². The van der Waals surface area contributed by atoms with Gasteiger partial charge in [0.05, 0.1) is 25.6 Å². The molecular formula is C24H22N2O5S. The summed E-state index contributed by atoms with van der Waals surface area (Å²) in [5.74, 6) is 0.857. The van der Waals surface area contributed by atoms with Crippen molar-refractivity contribution in [3.8, 4) is 5.75 Å². The van der Waals surface area contributed by atoms with Crippen molar-refractivity contribution in [3.05, 3.63) is 94.5 Å². The standard InChI is InChI=1S/C24H22N2O5S/c1-17-9-10-21(32-17)15-26(14-20-7-3-11-29-20)23(27)16-31-19-6-2-5-18(13-19)25-24(28)22-8-4-12-30-22/h2-13H,14-16H2,1H3,(H,25,28). The highest BCUT2D eigenvalue weighted by atomic mass is 32.1. The Morgan fingerprint density at radius 1 is 1.00 bits per heavy atom. The van der Waals surface area contributed by atoms with Gasteiger partial charge in [0.2, 0.25) is 0 Å². The average Bonchev–Trinajstić information content (AvgIpc) is 3.55. The SMILES string of the molecule is Cc1ccc(CN(Cc2ccco2)C(=O)COc2cccc(NC(=O)c3ccco3)c2)s1. The smallest absolute Gasteiger partial charge is 0.291 e. The van der Waals surface area contributed by atoms with Crippen molar-refractivity contribution in [2.75, 3.05) is 11.9 Å². The molecule has 2 amide bonds. The maximum Gasteiger partial charge on any atom is 0.291 e. The van der Waals surface area contributed by atoms with Gasteiger partial charge in [-0.1, -0.05) is 6.07 Å². The number of thiophene rings is 1. The topological polar surface area (TPSA) is 84.9 Å². The van der Waals surface area contributed by atoms with Crippen molar-refractivity contribution in [1.82, 2.24) is 4.90 Å². The van der Waals surface area contributed by atoms with E-state index in [1.807, 2.05) is 25.1 Å². The lowest BCUT2D eigenvalue weighted by atomic mass is 10.3. The number of ether oxygens (including phenoxy) is 1. The van der Waals surface area contributed by atoms with Crippen molar-refractivity contribution >= 4 is 28.8 Å². The quantitative estimate of drug-likeness (QED) is 0.383. The van der Waals surface area contributed by atoms with Crippen LogP contribution in [0.15, 0.2) is 82.0 Å². The molecular weight excluding hydrogens is 428 g/mol. The zero-order chi connectivity index (χ0) is 22.3. The first-order valence-electron chi connectivity index (χ1n) is 10.00. The molecule has 1 aromatic carbocycles. The minimum atomic E-state index is -0.362. The molecule has 4 aromatic rings. The molecule has 7 nitrogen and oxygen atoms in total. The second-order valence-electron chi connectivity index (χ2n) is 7.09. The summed E-state index contributed by atoms with van der Waals surface area (Å²) in [5, 5.41) is 2.74. The van der Waals surface area contributed by atoms with Crippen molar-refractivity contribution in [2.24, 2.45) is 0 Å². The van der Waals surface area contributed by atoms with Gasteiger partial charge >= 0.3 is 0 Å². The Morgan fingerprint density at radius 3 is 2.56 bits per heavy atom. The van der Waals surface area contributed by atoms with E-state index >= 15 is 0 Å². The molecule has 32 heavy (non-hydrogen) atoms. The number of nitrogens with one attached hydrogen (secondary N) is 1. The summed E-state index contributed by atoms with van der Waals surface area (Å²) in [5.41, 5.74) is 0.540. The minimum Gasteiger partial charge on any atom is -0.484 e. The van der Waals surface area contributed by atoms with E-state index in [-0.39, 0.29) is 24.2 Å². The zero-order valence-corrected chi connectivity index (χ0v) is 18.3. The number of furan rings is 2. The molecule has 0 aliphatic heterocycles. The molecule has 3 heterocycles. The van der Waals surface area contributed by atoms with Gasteiger partial charge in [-0.2, -0.15) is 0 Å². The average molecular weight is 451 g/mol. The monoisotopic (exact) mass is 450 g/mol. The fraction of sp³-hybridized carbons (Fsp3) is 0.167. The minimum absolute atomic E-state index is 0.138. The van der Waals surface area contributed by atoms with Crippen molar-refractivity contribution < 1.29 is 23.2 Å². The van der Waals surface area contributed by atoms with Crippen LogP contribution in [0, 0.1) is 6.92 Å². The lowest BCUT2D eigenvalue weighted by molar-refractivity contribution is -0.134. The van der Waals surface area contributed by atoms with E-state index in [0.29, 0.717) is 30.3 Å². The van der Waals surface area contributed by atoms with Gasteiger partial charge in [-0.3, -0.25) is 9.59 Å². The Morgan fingerprint density at radius 2 is 1.84 bits per heavy atom. The zero-order valence-electron chi connectivity index (χ0n) is 17.4. The van der Waals surface area contributed by atoms with Gasteiger partial charge in [0, 0.05) is 21.5 Å². The van der Waals surface area contributed by atoms with E-state index in [2.05, 4.69) is 5.32 Å². The summed E-state index contributed by atoms with van der Waals surface area (Å²) in [6.07, 6.45) is 3.03. The third-order valence-corrected chi connectivity index (χ3v) is 5.61. The molecule has 3 aromatic heterocycles. The van der Waals surface area contributed by atoms with E-state index in [1.165, 1.54) is 11.1 Å². The Labute approximate surface area is 189 Å². The van der Waals surface area contributed by atoms with E-state index in [1.54, 1.807) is 65.0 Å². The molecule has 0 aliphatic carbocycles. The number of aryl methyl sites for hydroxylation is 1. The normalized spacial score (nSPS) is 10.7. The van der Waals surface area contributed by atoms with E-state index in [0.717, 1.165) is 4.88 Å². The third-order valence-electron chi connectivity index (χ3n) is 4.62. The number of rotatable bonds is 9. The van der Waals surface area contributed by atoms with E-state index in [4.69, 9.17) is 13.6 Å². The van der Waals surface area contributed by atoms with Crippen LogP contribution in [-0.2, 0) is 17.9 Å². The second-order valence-corrected chi connectivity index (χ2v) is 8.46. The fourth-order valence-corrected chi connectivity index (χ4v) is 3.99. The molecule has 0 atom stereocenters. The number of amides is 2. The molecule has 164 valence electrons. The summed E-state index contributed by atoms with van der Waals surface area (Å²) in [4.78, 5) is 29.1. The van der Waals surface area contributed by atoms with Crippen LogP contribution in [0.1, 0.15) is 26.1 Å². The van der Waals surface area contributed by atoms with Crippen molar-refractivity contribution in [1.29, 1.82) is 0 Å². The Bertz CT molecular complexity index is 1160. The van der Waals surface area contributed by atoms with Gasteiger partial charge in [0.15, 0.2) is 12.4 Å². The number of hydrogen-bond donors (Lipinski definition) is 1. The molecule has 0 bridgehead atoms. The van der Waals surface area contributed by atoms with Crippen LogP contribution in [0.25, 0.3) is 0 Å². The number of carbonyl (C=O) groups excluding carboxylic acids is 2. The molecule has 8 heteroatoms. The molecule has 0 unspecified atom stereocenters. The number of carbonyl (C=O) groups is 2. The van der Waals surface area contributed by atoms with Gasteiger partial charge in [0.1, 0.15) is 11.5 Å². The second kappa shape index (κ2) is 10.0. The molecule has 0 fully saturated rings. The van der Waals surface area contributed by atoms with Crippen LogP contribution in [-0.4, -0.2) is 23.3 Å². The lowest BCUT2D eigenvalue weighted by Crippen LogP contribution is -2.33. The number of hydrogen-bond acceptors (Lipinski definition) is 6. The maximum absolute atomic E-state index is 13.0. The first-order chi connectivity index (χ1) is 15.6. The molecule has 4 rings (SSSR count). The van der Waals surface area contributed by atoms with Crippen LogP contribution < -0.4 is 10.1 Å². The molecule has 0 spiro atoms. The van der Waals surface area contributed by atoms with Crippen LogP contribution in [0.5, 0.6) is 5.75 Å². The molecule has 1 N–H and O–H groups in total. The van der Waals surface area contributed by atoms with Gasteiger partial charge < -0.3 is 23.8 Å². The fourth-order valence-electron chi connectivity index (χ4n) is 3.08. The maximum atomic E-state index is 13.0. The van der Waals surface area contributed by atoms with Crippen molar-refractivity contribution in [2.45, 2.75) is 20.0 Å². The molecule has 0 radical (unpaired) electrons. The summed E-state index contributed by atoms with van der Waals surface area (Å²) < 4.78 is 16.3. The predicted octanol–water partition coefficient (Wildman–Crippen LogP) is 5.10. The largest absolute Gasteiger partial charge is 0.484 e. The highest BCUT2D eigenvalue weighted by molar-refractivity contribution is 7.11. The Balaban J connectivity index is 1.39. The van der Waals surface area contributed by atoms with Crippen LogP contribution in [0.2, 0.25) is 0 Å². The Hall–Kier alpha value is -3.78. The third kappa shape index (κ3) is 5.67. The van der Waals surface area contributed by atoms with Gasteiger partial charge in [0.25, 0.3) is 11.8 Å². The summed E-state index contributed by atoms with van der Waals surface area (Å²) in [6.45, 7) is 2.72. The first-order valence-corrected chi connectivity index (χ1v) is 10.8. The summed E-state index contributed by atoms with van der Waals surface area (Å²) in [6, 6.07) is 17.8. The van der Waals surface area contributed by atoms with Gasteiger partial charge in [-0.05, 0) is 55.5 Å².